The van der Waals surface area contributed by atoms with Gasteiger partial charge in [-0.3, -0.25) is 4.79 Å². The molecule has 1 amide bonds. The molecule has 2 rings (SSSR count). The maximum Gasteiger partial charge on any atom is 0.254 e. The highest BCUT2D eigenvalue weighted by atomic mass is 16.5. The molecular formula is C16H24N2O2. The topological polar surface area (TPSA) is 55.6 Å². The second kappa shape index (κ2) is 6.75. The van der Waals surface area contributed by atoms with Gasteiger partial charge < -0.3 is 15.4 Å². The minimum Gasteiger partial charge on any atom is -0.497 e. The van der Waals surface area contributed by atoms with Gasteiger partial charge in [0.2, 0.25) is 0 Å². The summed E-state index contributed by atoms with van der Waals surface area (Å²) < 4.78 is 5.13. The van der Waals surface area contributed by atoms with Crippen molar-refractivity contribution < 1.29 is 9.53 Å². The van der Waals surface area contributed by atoms with Gasteiger partial charge in [-0.05, 0) is 56.5 Å². The zero-order valence-electron chi connectivity index (χ0n) is 12.3. The van der Waals surface area contributed by atoms with Crippen molar-refractivity contribution in [2.75, 3.05) is 20.2 Å². The fraction of sp³-hybridized carbons (Fsp3) is 0.562. The Balaban J connectivity index is 2.15. The maximum absolute atomic E-state index is 12.7. The molecule has 0 aromatic heterocycles. The van der Waals surface area contributed by atoms with Crippen LogP contribution in [0, 0.1) is 5.92 Å². The number of nitrogens with two attached hydrogens (primary N) is 1. The summed E-state index contributed by atoms with van der Waals surface area (Å²) in [5.41, 5.74) is 6.56. The van der Waals surface area contributed by atoms with Crippen LogP contribution in [-0.4, -0.2) is 37.0 Å². The fourth-order valence-electron chi connectivity index (χ4n) is 3.13. The van der Waals surface area contributed by atoms with Gasteiger partial charge >= 0.3 is 0 Å². The second-order valence-corrected chi connectivity index (χ2v) is 5.31. The molecule has 4 heteroatoms. The molecule has 1 aliphatic carbocycles. The molecule has 0 radical (unpaired) electrons. The Morgan fingerprint density at radius 1 is 1.35 bits per heavy atom. The van der Waals surface area contributed by atoms with Gasteiger partial charge in [-0.15, -0.1) is 0 Å². The van der Waals surface area contributed by atoms with Crippen molar-refractivity contribution >= 4 is 5.91 Å². The summed E-state index contributed by atoms with van der Waals surface area (Å²) in [5.74, 6) is 1.31. The molecule has 20 heavy (non-hydrogen) atoms. The first kappa shape index (κ1) is 14.9. The number of amides is 1. The third kappa shape index (κ3) is 2.96. The van der Waals surface area contributed by atoms with Gasteiger partial charge in [0, 0.05) is 18.2 Å². The summed E-state index contributed by atoms with van der Waals surface area (Å²) in [6.45, 7) is 3.43. The normalized spacial score (nSPS) is 21.8. The van der Waals surface area contributed by atoms with Crippen LogP contribution in [0.4, 0.5) is 0 Å². The summed E-state index contributed by atoms with van der Waals surface area (Å²) in [4.78, 5) is 14.6. The van der Waals surface area contributed by atoms with E-state index in [-0.39, 0.29) is 5.91 Å². The number of methoxy groups -OCH3 is 1. The van der Waals surface area contributed by atoms with E-state index < -0.39 is 0 Å². The number of ether oxygens (including phenoxy) is 1. The van der Waals surface area contributed by atoms with Crippen LogP contribution in [0.2, 0.25) is 0 Å². The smallest absolute Gasteiger partial charge is 0.254 e. The van der Waals surface area contributed by atoms with Gasteiger partial charge in [0.05, 0.1) is 7.11 Å². The summed E-state index contributed by atoms with van der Waals surface area (Å²) >= 11 is 0. The summed E-state index contributed by atoms with van der Waals surface area (Å²) in [7, 11) is 1.62. The van der Waals surface area contributed by atoms with E-state index in [2.05, 4.69) is 0 Å². The first-order valence-corrected chi connectivity index (χ1v) is 7.36. The average Bonchev–Trinajstić information content (AvgIpc) is 2.96. The molecule has 110 valence electrons. The Hall–Kier alpha value is -1.55. The van der Waals surface area contributed by atoms with Crippen molar-refractivity contribution in [1.29, 1.82) is 0 Å². The van der Waals surface area contributed by atoms with Crippen molar-refractivity contribution in [1.82, 2.24) is 4.90 Å². The van der Waals surface area contributed by atoms with E-state index >= 15 is 0 Å². The van der Waals surface area contributed by atoms with Gasteiger partial charge in [-0.1, -0.05) is 6.42 Å². The summed E-state index contributed by atoms with van der Waals surface area (Å²) in [6, 6.07) is 7.61. The van der Waals surface area contributed by atoms with Crippen LogP contribution in [-0.2, 0) is 0 Å². The third-order valence-corrected chi connectivity index (χ3v) is 4.26. The molecule has 0 bridgehead atoms. The lowest BCUT2D eigenvalue weighted by Gasteiger charge is -2.32. The van der Waals surface area contributed by atoms with E-state index in [0.29, 0.717) is 18.5 Å². The summed E-state index contributed by atoms with van der Waals surface area (Å²) in [5, 5.41) is 0. The number of rotatable bonds is 5. The molecule has 0 heterocycles. The molecule has 0 spiro atoms. The first-order chi connectivity index (χ1) is 9.71. The molecule has 2 N–H and O–H groups in total. The monoisotopic (exact) mass is 276 g/mol. The first-order valence-electron chi connectivity index (χ1n) is 7.36. The van der Waals surface area contributed by atoms with E-state index in [1.54, 1.807) is 7.11 Å². The van der Waals surface area contributed by atoms with E-state index in [4.69, 9.17) is 10.5 Å². The minimum absolute atomic E-state index is 0.0977. The molecule has 0 saturated heterocycles. The quantitative estimate of drug-likeness (QED) is 0.897. The van der Waals surface area contributed by atoms with Gasteiger partial charge in [0.25, 0.3) is 5.91 Å². The molecule has 1 aromatic carbocycles. The van der Waals surface area contributed by atoms with Gasteiger partial charge in [-0.2, -0.15) is 0 Å². The molecule has 2 unspecified atom stereocenters. The molecule has 2 atom stereocenters. The Morgan fingerprint density at radius 2 is 2.05 bits per heavy atom. The zero-order chi connectivity index (χ0) is 14.5. The number of benzene rings is 1. The van der Waals surface area contributed by atoms with Crippen molar-refractivity contribution in [2.45, 2.75) is 32.2 Å². The van der Waals surface area contributed by atoms with Gasteiger partial charge in [0.15, 0.2) is 0 Å². The third-order valence-electron chi connectivity index (χ3n) is 4.26. The van der Waals surface area contributed by atoms with E-state index in [1.165, 1.54) is 6.42 Å². The highest BCUT2D eigenvalue weighted by molar-refractivity contribution is 5.94. The lowest BCUT2D eigenvalue weighted by Crippen LogP contribution is -2.44. The number of hydrogen-bond acceptors (Lipinski definition) is 3. The van der Waals surface area contributed by atoms with E-state index in [9.17, 15) is 4.79 Å². The Kier molecular flexibility index (Phi) is 5.01. The van der Waals surface area contributed by atoms with Crippen molar-refractivity contribution in [3.8, 4) is 5.75 Å². The molecule has 4 nitrogen and oxygen atoms in total. The highest BCUT2D eigenvalue weighted by Crippen LogP contribution is 2.30. The number of carbonyl (C=O) groups is 1. The predicted octanol–water partition coefficient (Wildman–Crippen LogP) is 2.28. The fourth-order valence-corrected chi connectivity index (χ4v) is 3.13. The average molecular weight is 276 g/mol. The molecule has 1 aliphatic rings. The predicted molar refractivity (Wildman–Crippen MR) is 79.9 cm³/mol. The van der Waals surface area contributed by atoms with Crippen LogP contribution in [0.25, 0.3) is 0 Å². The summed E-state index contributed by atoms with van der Waals surface area (Å²) in [6.07, 6.45) is 3.37. The molecule has 0 aliphatic heterocycles. The Bertz CT molecular complexity index is 444. The number of nitrogens with zero attached hydrogens (tertiary/aromatic N) is 1. The standard InChI is InChI=1S/C16H24N2O2/c1-3-18(15-6-4-5-13(15)11-17)16(19)12-7-9-14(20-2)10-8-12/h7-10,13,15H,3-6,11,17H2,1-2H3. The highest BCUT2D eigenvalue weighted by Gasteiger charge is 2.33. The van der Waals surface area contributed by atoms with Crippen LogP contribution in [0.15, 0.2) is 24.3 Å². The van der Waals surface area contributed by atoms with Crippen molar-refractivity contribution in [3.63, 3.8) is 0 Å². The lowest BCUT2D eigenvalue weighted by molar-refractivity contribution is 0.0652. The largest absolute Gasteiger partial charge is 0.497 e. The van der Waals surface area contributed by atoms with Crippen molar-refractivity contribution in [2.24, 2.45) is 11.7 Å². The zero-order valence-corrected chi connectivity index (χ0v) is 12.3. The Labute approximate surface area is 120 Å². The maximum atomic E-state index is 12.7. The van der Waals surface area contributed by atoms with Crippen LogP contribution in [0.5, 0.6) is 5.75 Å². The molecular weight excluding hydrogens is 252 g/mol. The number of carbonyl (C=O) groups excluding carboxylic acids is 1. The molecule has 1 fully saturated rings. The van der Waals surface area contributed by atoms with Gasteiger partial charge in [-0.25, -0.2) is 0 Å². The SMILES string of the molecule is CCN(C(=O)c1ccc(OC)cc1)C1CCCC1CN. The van der Waals surface area contributed by atoms with E-state index in [0.717, 1.165) is 30.7 Å². The van der Waals surface area contributed by atoms with Crippen LogP contribution < -0.4 is 10.5 Å². The van der Waals surface area contributed by atoms with Crippen LogP contribution in [0.1, 0.15) is 36.5 Å². The molecule has 1 saturated carbocycles. The Morgan fingerprint density at radius 3 is 2.60 bits per heavy atom. The van der Waals surface area contributed by atoms with Gasteiger partial charge in [0.1, 0.15) is 5.75 Å². The minimum atomic E-state index is 0.0977. The lowest BCUT2D eigenvalue weighted by atomic mass is 10.0. The van der Waals surface area contributed by atoms with Crippen LogP contribution >= 0.6 is 0 Å². The molecule has 1 aromatic rings. The van der Waals surface area contributed by atoms with Crippen LogP contribution in [0.3, 0.4) is 0 Å². The van der Waals surface area contributed by atoms with E-state index in [1.807, 2.05) is 36.1 Å². The number of hydrogen-bond donors (Lipinski definition) is 1. The second-order valence-electron chi connectivity index (χ2n) is 5.31. The van der Waals surface area contributed by atoms with Crippen molar-refractivity contribution in [3.05, 3.63) is 29.8 Å².